The standard InChI is InChI=1S/C30H25N3O4S2/c34-28(33-39(36,37)26-9-5-2-6-10-26)20-22-13-17-25(18-14-22)31-30-32-29(35)27(38-30)19-21-11-15-24(16-12-21)23-7-3-1-4-8-23/h1-15,17-19,24H,16,20H2,(H,33,34)(H,31,32,35)/b27-19-. The summed E-state index contributed by atoms with van der Waals surface area (Å²) in [7, 11) is -3.92. The number of benzene rings is 3. The normalized spacial score (nSPS) is 19.1. The van der Waals surface area contributed by atoms with Crippen molar-refractivity contribution >= 4 is 44.5 Å². The van der Waals surface area contributed by atoms with Gasteiger partial charge in [-0.2, -0.15) is 0 Å². The lowest BCUT2D eigenvalue weighted by atomic mass is 9.90. The van der Waals surface area contributed by atoms with Crippen LogP contribution in [0.1, 0.15) is 23.5 Å². The van der Waals surface area contributed by atoms with E-state index in [4.69, 9.17) is 0 Å². The molecule has 1 atom stereocenters. The number of nitrogens with zero attached hydrogens (tertiary/aromatic N) is 1. The molecule has 0 aromatic heterocycles. The Labute approximate surface area is 231 Å². The number of rotatable bonds is 7. The van der Waals surface area contributed by atoms with E-state index in [1.807, 2.05) is 30.4 Å². The highest BCUT2D eigenvalue weighted by atomic mass is 32.2. The van der Waals surface area contributed by atoms with Gasteiger partial charge in [-0.1, -0.05) is 78.9 Å². The van der Waals surface area contributed by atoms with Gasteiger partial charge in [0.1, 0.15) is 0 Å². The number of hydrogen-bond acceptors (Lipinski definition) is 6. The van der Waals surface area contributed by atoms with Crippen molar-refractivity contribution in [1.29, 1.82) is 0 Å². The van der Waals surface area contributed by atoms with E-state index in [1.165, 1.54) is 29.5 Å². The van der Waals surface area contributed by atoms with Crippen LogP contribution in [0.3, 0.4) is 0 Å². The van der Waals surface area contributed by atoms with Crippen LogP contribution >= 0.6 is 11.8 Å². The maximum atomic E-state index is 12.5. The minimum atomic E-state index is -3.92. The first-order chi connectivity index (χ1) is 18.9. The number of carbonyl (C=O) groups excluding carboxylic acids is 2. The van der Waals surface area contributed by atoms with E-state index in [0.29, 0.717) is 27.2 Å². The maximum Gasteiger partial charge on any atom is 0.264 e. The van der Waals surface area contributed by atoms with Crippen LogP contribution in [-0.4, -0.2) is 25.4 Å². The number of carbonyl (C=O) groups is 2. The van der Waals surface area contributed by atoms with E-state index < -0.39 is 15.9 Å². The van der Waals surface area contributed by atoms with Crippen molar-refractivity contribution in [3.63, 3.8) is 0 Å². The van der Waals surface area contributed by atoms with Crippen molar-refractivity contribution in [3.8, 4) is 0 Å². The molecule has 1 aliphatic carbocycles. The molecule has 0 saturated carbocycles. The van der Waals surface area contributed by atoms with Crippen molar-refractivity contribution in [2.24, 2.45) is 4.99 Å². The third-order valence-corrected chi connectivity index (χ3v) is 8.44. The zero-order valence-corrected chi connectivity index (χ0v) is 22.4. The second-order valence-corrected chi connectivity index (χ2v) is 11.7. The topological polar surface area (TPSA) is 105 Å². The van der Waals surface area contributed by atoms with Crippen LogP contribution in [0, 0.1) is 0 Å². The first-order valence-corrected chi connectivity index (χ1v) is 14.6. The van der Waals surface area contributed by atoms with Crippen LogP contribution in [0.2, 0.25) is 0 Å². The monoisotopic (exact) mass is 555 g/mol. The van der Waals surface area contributed by atoms with Crippen molar-refractivity contribution < 1.29 is 18.0 Å². The minimum absolute atomic E-state index is 0.0289. The Hall–Kier alpha value is -4.21. The molecule has 1 saturated heterocycles. The number of allylic oxidation sites excluding steroid dienone is 5. The second kappa shape index (κ2) is 11.7. The molecule has 1 fully saturated rings. The van der Waals surface area contributed by atoms with E-state index >= 15 is 0 Å². The summed E-state index contributed by atoms with van der Waals surface area (Å²) in [6, 6.07) is 24.9. The summed E-state index contributed by atoms with van der Waals surface area (Å²) in [4.78, 5) is 29.9. The van der Waals surface area contributed by atoms with Crippen LogP contribution in [0.15, 0.2) is 130 Å². The molecule has 0 bridgehead atoms. The summed E-state index contributed by atoms with van der Waals surface area (Å²) in [6.07, 6.45) is 8.97. The predicted molar refractivity (Wildman–Crippen MR) is 154 cm³/mol. The van der Waals surface area contributed by atoms with Gasteiger partial charge in [0, 0.05) is 5.92 Å². The van der Waals surface area contributed by atoms with E-state index in [-0.39, 0.29) is 17.2 Å². The zero-order chi connectivity index (χ0) is 27.2. The van der Waals surface area contributed by atoms with Gasteiger partial charge in [-0.25, -0.2) is 18.1 Å². The number of thioether (sulfide) groups is 1. The Balaban J connectivity index is 1.18. The SMILES string of the molecule is O=C(Cc1ccc(N=C2NC(=O)/C(=C/C3=CCC(c4ccccc4)C=C3)S2)cc1)NS(=O)(=O)c1ccccc1. The van der Waals surface area contributed by atoms with Crippen molar-refractivity contribution in [3.05, 3.63) is 131 Å². The number of amidine groups is 1. The molecule has 1 heterocycles. The van der Waals surface area contributed by atoms with Crippen molar-refractivity contribution in [1.82, 2.24) is 10.0 Å². The average Bonchev–Trinajstić information content (AvgIpc) is 3.29. The molecule has 7 nitrogen and oxygen atoms in total. The quantitative estimate of drug-likeness (QED) is 0.393. The smallest absolute Gasteiger partial charge is 0.264 e. The Morgan fingerprint density at radius 1 is 1.00 bits per heavy atom. The van der Waals surface area contributed by atoms with Crippen LogP contribution < -0.4 is 10.0 Å². The molecule has 196 valence electrons. The van der Waals surface area contributed by atoms with Crippen molar-refractivity contribution in [2.75, 3.05) is 0 Å². The van der Waals surface area contributed by atoms with Crippen LogP contribution in [0.25, 0.3) is 0 Å². The summed E-state index contributed by atoms with van der Waals surface area (Å²) in [5, 5.41) is 3.25. The molecule has 3 aromatic carbocycles. The zero-order valence-electron chi connectivity index (χ0n) is 20.8. The summed E-state index contributed by atoms with van der Waals surface area (Å²) in [5.74, 6) is -0.503. The molecule has 5 rings (SSSR count). The molecule has 39 heavy (non-hydrogen) atoms. The first kappa shape index (κ1) is 26.4. The number of aliphatic imine (C=N–C) groups is 1. The van der Waals surface area contributed by atoms with Gasteiger partial charge < -0.3 is 5.32 Å². The highest BCUT2D eigenvalue weighted by Gasteiger charge is 2.24. The molecule has 2 amide bonds. The van der Waals surface area contributed by atoms with Gasteiger partial charge >= 0.3 is 0 Å². The first-order valence-electron chi connectivity index (χ1n) is 12.3. The molecule has 1 unspecified atom stereocenters. The van der Waals surface area contributed by atoms with Crippen LogP contribution in [-0.2, 0) is 26.0 Å². The van der Waals surface area contributed by atoms with E-state index in [1.54, 1.807) is 42.5 Å². The van der Waals surface area contributed by atoms with Crippen LogP contribution in [0.4, 0.5) is 5.69 Å². The third-order valence-electron chi connectivity index (χ3n) is 6.14. The summed E-state index contributed by atoms with van der Waals surface area (Å²) < 4.78 is 26.8. The Kier molecular flexibility index (Phi) is 7.90. The second-order valence-electron chi connectivity index (χ2n) is 8.98. The predicted octanol–water partition coefficient (Wildman–Crippen LogP) is 5.14. The fourth-order valence-corrected chi connectivity index (χ4v) is 6.01. The molecule has 0 spiro atoms. The van der Waals surface area contributed by atoms with Crippen molar-refractivity contribution in [2.45, 2.75) is 23.7 Å². The van der Waals surface area contributed by atoms with Gasteiger partial charge in [-0.3, -0.25) is 9.59 Å². The molecular weight excluding hydrogens is 530 g/mol. The summed E-state index contributed by atoms with van der Waals surface area (Å²) >= 11 is 1.27. The van der Waals surface area contributed by atoms with E-state index in [2.05, 4.69) is 39.3 Å². The van der Waals surface area contributed by atoms with E-state index in [0.717, 1.165) is 12.0 Å². The van der Waals surface area contributed by atoms with Gasteiger partial charge in [-0.15, -0.1) is 0 Å². The van der Waals surface area contributed by atoms with Gasteiger partial charge in [0.25, 0.3) is 15.9 Å². The van der Waals surface area contributed by atoms with Gasteiger partial charge in [0.05, 0.1) is 21.9 Å². The molecular formula is C30H25N3O4S2. The lowest BCUT2D eigenvalue weighted by Crippen LogP contribution is -2.31. The Bertz CT molecular complexity index is 1610. The van der Waals surface area contributed by atoms with Crippen LogP contribution in [0.5, 0.6) is 0 Å². The molecule has 9 heteroatoms. The third kappa shape index (κ3) is 6.81. The highest BCUT2D eigenvalue weighted by Crippen LogP contribution is 2.31. The molecule has 3 aromatic rings. The van der Waals surface area contributed by atoms with Gasteiger partial charge in [0.15, 0.2) is 5.17 Å². The molecule has 2 aliphatic rings. The van der Waals surface area contributed by atoms with Gasteiger partial charge in [0.2, 0.25) is 5.91 Å². The van der Waals surface area contributed by atoms with E-state index in [9.17, 15) is 18.0 Å². The lowest BCUT2D eigenvalue weighted by molar-refractivity contribution is -0.118. The Morgan fingerprint density at radius 2 is 1.69 bits per heavy atom. The number of hydrogen-bond donors (Lipinski definition) is 2. The largest absolute Gasteiger partial charge is 0.300 e. The fourth-order valence-electron chi connectivity index (χ4n) is 4.16. The fraction of sp³-hybridized carbons (Fsp3) is 0.100. The maximum absolute atomic E-state index is 12.5. The molecule has 1 aliphatic heterocycles. The average molecular weight is 556 g/mol. The molecule has 2 N–H and O–H groups in total. The number of sulfonamides is 1. The Morgan fingerprint density at radius 3 is 2.36 bits per heavy atom. The molecule has 0 radical (unpaired) electrons. The number of nitrogens with one attached hydrogen (secondary N) is 2. The lowest BCUT2D eigenvalue weighted by Gasteiger charge is -2.15. The summed E-state index contributed by atoms with van der Waals surface area (Å²) in [6.45, 7) is 0. The minimum Gasteiger partial charge on any atom is -0.300 e. The van der Waals surface area contributed by atoms with Gasteiger partial charge in [-0.05, 0) is 65.2 Å². The summed E-state index contributed by atoms with van der Waals surface area (Å²) in [5.41, 5.74) is 3.48. The highest BCUT2D eigenvalue weighted by molar-refractivity contribution is 8.18. The number of amides is 2.